The molecule has 1 atom stereocenters. The minimum absolute atomic E-state index is 0.0324. The van der Waals surface area contributed by atoms with E-state index in [2.05, 4.69) is 4.98 Å². The van der Waals surface area contributed by atoms with Gasteiger partial charge in [-0.15, -0.1) is 0 Å². The summed E-state index contributed by atoms with van der Waals surface area (Å²) in [7, 11) is 1.41. The number of amides is 1. The zero-order valence-corrected chi connectivity index (χ0v) is 17.9. The molecule has 1 fully saturated rings. The van der Waals surface area contributed by atoms with Gasteiger partial charge >= 0.3 is 6.18 Å². The first kappa shape index (κ1) is 23.3. The molecule has 2 aromatic carbocycles. The van der Waals surface area contributed by atoms with E-state index in [9.17, 15) is 22.4 Å². The smallest absolute Gasteiger partial charge is 0.434 e. The molecule has 1 saturated heterocycles. The van der Waals surface area contributed by atoms with Crippen LogP contribution in [0.1, 0.15) is 28.2 Å². The van der Waals surface area contributed by atoms with Gasteiger partial charge in [0.05, 0.1) is 12.7 Å². The largest absolute Gasteiger partial charge is 0.497 e. The fraction of sp³-hybridized carbons (Fsp3) is 0.261. The van der Waals surface area contributed by atoms with Gasteiger partial charge in [0.2, 0.25) is 0 Å². The first-order chi connectivity index (χ1) is 16.1. The number of aromatic nitrogens is 2. The summed E-state index contributed by atoms with van der Waals surface area (Å²) < 4.78 is 63.4. The van der Waals surface area contributed by atoms with Crippen molar-refractivity contribution in [2.75, 3.05) is 20.2 Å². The molecule has 0 unspecified atom stereocenters. The summed E-state index contributed by atoms with van der Waals surface area (Å²) in [6, 6.07) is 10.3. The lowest BCUT2D eigenvalue weighted by Gasteiger charge is -2.18. The fourth-order valence-electron chi connectivity index (χ4n) is 3.87. The lowest BCUT2D eigenvalue weighted by molar-refractivity contribution is -0.142. The molecule has 7 nitrogen and oxygen atoms in total. The quantitative estimate of drug-likeness (QED) is 0.582. The Morgan fingerprint density at radius 3 is 2.47 bits per heavy atom. The molecule has 0 radical (unpaired) electrons. The topological polar surface area (TPSA) is 97.2 Å². The van der Waals surface area contributed by atoms with Crippen molar-refractivity contribution >= 4 is 5.91 Å². The van der Waals surface area contributed by atoms with Crippen molar-refractivity contribution in [3.8, 4) is 28.9 Å². The van der Waals surface area contributed by atoms with Crippen molar-refractivity contribution in [2.45, 2.75) is 18.6 Å². The maximum atomic E-state index is 14.4. The number of alkyl halides is 3. The minimum Gasteiger partial charge on any atom is -0.497 e. The molecule has 34 heavy (non-hydrogen) atoms. The van der Waals surface area contributed by atoms with E-state index in [1.54, 1.807) is 6.07 Å². The van der Waals surface area contributed by atoms with Crippen LogP contribution in [0.3, 0.4) is 0 Å². The Labute approximate surface area is 192 Å². The number of benzene rings is 2. The van der Waals surface area contributed by atoms with Crippen LogP contribution < -0.4 is 10.5 Å². The summed E-state index contributed by atoms with van der Waals surface area (Å²) in [5.41, 5.74) is 3.47. The van der Waals surface area contributed by atoms with E-state index >= 15 is 0 Å². The van der Waals surface area contributed by atoms with Gasteiger partial charge in [0.15, 0.2) is 11.4 Å². The second-order valence-corrected chi connectivity index (χ2v) is 7.77. The third kappa shape index (κ3) is 4.20. The summed E-state index contributed by atoms with van der Waals surface area (Å²) >= 11 is 0. The molecule has 1 amide bonds. The van der Waals surface area contributed by atoms with E-state index in [4.69, 9.17) is 15.7 Å². The van der Waals surface area contributed by atoms with Crippen LogP contribution in [0.5, 0.6) is 5.75 Å². The number of hydrogen-bond acceptors (Lipinski definition) is 5. The number of likely N-dealkylation sites (tertiary alicyclic amines) is 1. The Bertz CT molecular complexity index is 1280. The van der Waals surface area contributed by atoms with Crippen molar-refractivity contribution in [1.82, 2.24) is 14.5 Å². The number of carbonyl (C=O) groups excluding carboxylic acids is 1. The number of carbonyl (C=O) groups is 1. The standard InChI is InChI=1S/C23H19F4N5O2/c1-34-17-6-4-16(5-7-17)32-20(23(25,26)27)19(22(33)31-9-8-15(29)12-31)30-21(32)13-2-3-14(11-28)18(24)10-13/h2-7,10,15H,8-9,12,29H2,1H3/t15-/m1/s1. The number of nitrogens with zero attached hydrogens (tertiary/aromatic N) is 4. The van der Waals surface area contributed by atoms with Gasteiger partial charge in [-0.3, -0.25) is 9.36 Å². The number of nitrogens with two attached hydrogens (primary N) is 1. The molecule has 1 aliphatic rings. The predicted molar refractivity (Wildman–Crippen MR) is 114 cm³/mol. The van der Waals surface area contributed by atoms with E-state index in [0.717, 1.165) is 16.7 Å². The van der Waals surface area contributed by atoms with Gasteiger partial charge in [-0.25, -0.2) is 9.37 Å². The average Bonchev–Trinajstić information content (AvgIpc) is 3.43. The Hall–Kier alpha value is -3.91. The molecule has 0 saturated carbocycles. The molecule has 4 rings (SSSR count). The Morgan fingerprint density at radius 2 is 1.94 bits per heavy atom. The fourth-order valence-corrected chi connectivity index (χ4v) is 3.87. The minimum atomic E-state index is -4.97. The maximum Gasteiger partial charge on any atom is 0.434 e. The molecule has 3 aromatic rings. The molecule has 0 aliphatic carbocycles. The number of rotatable bonds is 4. The average molecular weight is 473 g/mol. The van der Waals surface area contributed by atoms with Crippen molar-refractivity contribution in [3.05, 3.63) is 65.2 Å². The van der Waals surface area contributed by atoms with Gasteiger partial charge in [-0.1, -0.05) is 0 Å². The number of hydrogen-bond donors (Lipinski definition) is 1. The van der Waals surface area contributed by atoms with Gasteiger partial charge in [-0.2, -0.15) is 18.4 Å². The van der Waals surface area contributed by atoms with Crippen molar-refractivity contribution in [2.24, 2.45) is 5.73 Å². The monoisotopic (exact) mass is 473 g/mol. The molecule has 0 bridgehead atoms. The summed E-state index contributed by atoms with van der Waals surface area (Å²) in [5.74, 6) is -1.72. The van der Waals surface area contributed by atoms with E-state index in [0.29, 0.717) is 12.2 Å². The zero-order chi connectivity index (χ0) is 24.6. The van der Waals surface area contributed by atoms with Crippen molar-refractivity contribution in [3.63, 3.8) is 0 Å². The molecule has 0 spiro atoms. The molecule has 11 heteroatoms. The van der Waals surface area contributed by atoms with Crippen molar-refractivity contribution in [1.29, 1.82) is 5.26 Å². The van der Waals surface area contributed by atoms with Crippen LogP contribution >= 0.6 is 0 Å². The first-order valence-corrected chi connectivity index (χ1v) is 10.2. The summed E-state index contributed by atoms with van der Waals surface area (Å²) in [5, 5.41) is 9.00. The lowest BCUT2D eigenvalue weighted by atomic mass is 10.1. The van der Waals surface area contributed by atoms with Crippen LogP contribution in [0, 0.1) is 17.1 Å². The molecule has 2 N–H and O–H groups in total. The second kappa shape index (κ2) is 8.79. The van der Waals surface area contributed by atoms with Gasteiger partial charge in [-0.05, 0) is 48.9 Å². The highest BCUT2D eigenvalue weighted by Gasteiger charge is 2.44. The zero-order valence-electron chi connectivity index (χ0n) is 17.9. The van der Waals surface area contributed by atoms with E-state index in [1.807, 2.05) is 0 Å². The van der Waals surface area contributed by atoms with Gasteiger partial charge in [0.1, 0.15) is 23.5 Å². The molecule has 2 heterocycles. The van der Waals surface area contributed by atoms with Crippen LogP contribution in [-0.2, 0) is 6.18 Å². The first-order valence-electron chi connectivity index (χ1n) is 10.2. The molecule has 1 aromatic heterocycles. The van der Waals surface area contributed by atoms with Crippen molar-refractivity contribution < 1.29 is 27.1 Å². The molecule has 176 valence electrons. The van der Waals surface area contributed by atoms with Crippen LogP contribution in [-0.4, -0.2) is 46.6 Å². The summed E-state index contributed by atoms with van der Waals surface area (Å²) in [6.45, 7) is 0.305. The number of halogens is 4. The van der Waals surface area contributed by atoms with Gasteiger partial charge in [0, 0.05) is 30.4 Å². The number of methoxy groups -OCH3 is 1. The predicted octanol–water partition coefficient (Wildman–Crippen LogP) is 3.75. The number of imidazole rings is 1. The Morgan fingerprint density at radius 1 is 1.24 bits per heavy atom. The highest BCUT2D eigenvalue weighted by atomic mass is 19.4. The summed E-state index contributed by atoms with van der Waals surface area (Å²) in [4.78, 5) is 18.4. The maximum absolute atomic E-state index is 14.4. The number of nitriles is 1. The normalized spacial score (nSPS) is 15.9. The van der Waals surface area contributed by atoms with Crippen LogP contribution in [0.4, 0.5) is 17.6 Å². The third-order valence-corrected chi connectivity index (χ3v) is 5.54. The molecular weight excluding hydrogens is 454 g/mol. The third-order valence-electron chi connectivity index (χ3n) is 5.54. The van der Waals surface area contributed by atoms with E-state index in [-0.39, 0.29) is 41.8 Å². The SMILES string of the molecule is COc1ccc(-n2c(-c3ccc(C#N)c(F)c3)nc(C(=O)N3CC[C@@H](N)C3)c2C(F)(F)F)cc1. The van der Waals surface area contributed by atoms with Gasteiger partial charge in [0.25, 0.3) is 5.91 Å². The highest BCUT2D eigenvalue weighted by Crippen LogP contribution is 2.39. The lowest BCUT2D eigenvalue weighted by Crippen LogP contribution is -2.33. The number of ether oxygens (including phenoxy) is 1. The Balaban J connectivity index is 1.99. The van der Waals surface area contributed by atoms with E-state index in [1.165, 1.54) is 42.3 Å². The summed E-state index contributed by atoms with van der Waals surface area (Å²) in [6.07, 6.45) is -4.51. The van der Waals surface area contributed by atoms with Crippen LogP contribution in [0.15, 0.2) is 42.5 Å². The van der Waals surface area contributed by atoms with Crippen LogP contribution in [0.25, 0.3) is 17.1 Å². The second-order valence-electron chi connectivity index (χ2n) is 7.77. The highest BCUT2D eigenvalue weighted by molar-refractivity contribution is 5.95. The van der Waals surface area contributed by atoms with Crippen LogP contribution in [0.2, 0.25) is 0 Å². The molecule has 1 aliphatic heterocycles. The molecular formula is C23H19F4N5O2. The Kier molecular flexibility index (Phi) is 6.01. The van der Waals surface area contributed by atoms with E-state index < -0.39 is 29.3 Å². The van der Waals surface area contributed by atoms with Gasteiger partial charge < -0.3 is 15.4 Å².